The highest BCUT2D eigenvalue weighted by atomic mass is 32.1. The molecule has 76 valence electrons. The molecule has 0 unspecified atom stereocenters. The van der Waals surface area contributed by atoms with Gasteiger partial charge in [-0.15, -0.1) is 0 Å². The van der Waals surface area contributed by atoms with E-state index < -0.39 is 0 Å². The largest absolute Gasteiger partial charge is 0.331 e. The molecule has 0 aliphatic rings. The van der Waals surface area contributed by atoms with Crippen molar-refractivity contribution in [2.75, 3.05) is 0 Å². The summed E-state index contributed by atoms with van der Waals surface area (Å²) in [5, 5.41) is 8.79. The van der Waals surface area contributed by atoms with Crippen LogP contribution in [0.4, 0.5) is 0 Å². The van der Waals surface area contributed by atoms with E-state index >= 15 is 0 Å². The van der Waals surface area contributed by atoms with Crippen LogP contribution in [0.2, 0.25) is 0 Å². The molecule has 0 radical (unpaired) electrons. The van der Waals surface area contributed by atoms with Gasteiger partial charge in [0.25, 0.3) is 0 Å². The number of nitriles is 1. The minimum Gasteiger partial charge on any atom is -0.331 e. The molecule has 1 N–H and O–H groups in total. The SMILES string of the molecule is CC(C)n1c(=S)[nH]c2cc(C#N)ccc21. The third-order valence-electron chi connectivity index (χ3n) is 2.36. The van der Waals surface area contributed by atoms with Gasteiger partial charge < -0.3 is 9.55 Å². The highest BCUT2D eigenvalue weighted by Gasteiger charge is 2.07. The summed E-state index contributed by atoms with van der Waals surface area (Å²) in [5.74, 6) is 0. The normalized spacial score (nSPS) is 10.8. The predicted octanol–water partition coefficient (Wildman–Crippen LogP) is 3.15. The third-order valence-corrected chi connectivity index (χ3v) is 2.66. The number of benzene rings is 1. The quantitative estimate of drug-likeness (QED) is 0.746. The Labute approximate surface area is 93.0 Å². The molecule has 2 rings (SSSR count). The van der Waals surface area contributed by atoms with Gasteiger partial charge in [0.15, 0.2) is 4.77 Å². The Bertz CT molecular complexity index is 598. The molecule has 0 saturated heterocycles. The number of imidazole rings is 1. The lowest BCUT2D eigenvalue weighted by Crippen LogP contribution is -1.99. The first kappa shape index (κ1) is 9.94. The van der Waals surface area contributed by atoms with Crippen LogP contribution in [0.5, 0.6) is 0 Å². The summed E-state index contributed by atoms with van der Waals surface area (Å²) in [5.41, 5.74) is 2.62. The van der Waals surface area contributed by atoms with Crippen molar-refractivity contribution < 1.29 is 0 Å². The fourth-order valence-electron chi connectivity index (χ4n) is 1.71. The van der Waals surface area contributed by atoms with Gasteiger partial charge in [0.1, 0.15) is 0 Å². The number of hydrogen-bond donors (Lipinski definition) is 1. The molecule has 15 heavy (non-hydrogen) atoms. The zero-order chi connectivity index (χ0) is 11.0. The van der Waals surface area contributed by atoms with E-state index in [9.17, 15) is 0 Å². The van der Waals surface area contributed by atoms with Gasteiger partial charge in [0.05, 0.1) is 22.7 Å². The fourth-order valence-corrected chi connectivity index (χ4v) is 2.13. The Morgan fingerprint density at radius 3 is 2.80 bits per heavy atom. The van der Waals surface area contributed by atoms with E-state index in [4.69, 9.17) is 17.5 Å². The number of nitrogens with one attached hydrogen (secondary N) is 1. The van der Waals surface area contributed by atoms with Gasteiger partial charge >= 0.3 is 0 Å². The van der Waals surface area contributed by atoms with Gasteiger partial charge in [0.2, 0.25) is 0 Å². The van der Waals surface area contributed by atoms with Crippen molar-refractivity contribution in [1.82, 2.24) is 9.55 Å². The second-order valence-electron chi connectivity index (χ2n) is 3.74. The number of nitrogens with zero attached hydrogens (tertiary/aromatic N) is 2. The molecule has 0 aliphatic carbocycles. The number of rotatable bonds is 1. The van der Waals surface area contributed by atoms with E-state index in [2.05, 4.69) is 24.9 Å². The Morgan fingerprint density at radius 1 is 1.47 bits per heavy atom. The Hall–Kier alpha value is -1.60. The first-order valence-corrected chi connectivity index (χ1v) is 5.18. The molecule has 1 aromatic carbocycles. The van der Waals surface area contributed by atoms with Gasteiger partial charge in [-0.05, 0) is 44.3 Å². The molecular weight excluding hydrogens is 206 g/mol. The topological polar surface area (TPSA) is 44.5 Å². The molecule has 0 aliphatic heterocycles. The molecule has 0 saturated carbocycles. The van der Waals surface area contributed by atoms with Crippen LogP contribution in [0.15, 0.2) is 18.2 Å². The van der Waals surface area contributed by atoms with Crippen LogP contribution in [0, 0.1) is 16.1 Å². The van der Waals surface area contributed by atoms with Crippen molar-refractivity contribution in [1.29, 1.82) is 5.26 Å². The summed E-state index contributed by atoms with van der Waals surface area (Å²) in [6.45, 7) is 4.17. The van der Waals surface area contributed by atoms with E-state index in [1.807, 2.05) is 22.8 Å². The molecule has 0 bridgehead atoms. The molecule has 0 spiro atoms. The van der Waals surface area contributed by atoms with Crippen molar-refractivity contribution in [3.63, 3.8) is 0 Å². The van der Waals surface area contributed by atoms with Crippen molar-refractivity contribution in [3.05, 3.63) is 28.5 Å². The molecule has 3 nitrogen and oxygen atoms in total. The maximum absolute atomic E-state index is 8.79. The third kappa shape index (κ3) is 1.55. The van der Waals surface area contributed by atoms with Crippen LogP contribution >= 0.6 is 12.2 Å². The Kier molecular flexibility index (Phi) is 2.33. The van der Waals surface area contributed by atoms with E-state index in [-0.39, 0.29) is 0 Å². The minimum absolute atomic E-state index is 0.319. The molecule has 1 aromatic heterocycles. The van der Waals surface area contributed by atoms with Crippen LogP contribution in [-0.4, -0.2) is 9.55 Å². The number of aromatic amines is 1. The summed E-state index contributed by atoms with van der Waals surface area (Å²) < 4.78 is 2.75. The van der Waals surface area contributed by atoms with Crippen molar-refractivity contribution >= 4 is 23.3 Å². The van der Waals surface area contributed by atoms with Gasteiger partial charge in [-0.3, -0.25) is 0 Å². The number of aromatic nitrogens is 2. The van der Waals surface area contributed by atoms with Crippen LogP contribution in [0.1, 0.15) is 25.5 Å². The summed E-state index contributed by atoms with van der Waals surface area (Å²) >= 11 is 5.23. The molecule has 1 heterocycles. The summed E-state index contributed by atoms with van der Waals surface area (Å²) in [7, 11) is 0. The lowest BCUT2D eigenvalue weighted by molar-refractivity contribution is 0.610. The average Bonchev–Trinajstić information content (AvgIpc) is 2.52. The number of H-pyrrole nitrogens is 1. The summed E-state index contributed by atoms with van der Waals surface area (Å²) in [6, 6.07) is 8.00. The first-order chi connectivity index (χ1) is 7.13. The van der Waals surface area contributed by atoms with Gasteiger partial charge in [-0.25, -0.2) is 0 Å². The van der Waals surface area contributed by atoms with Gasteiger partial charge in [-0.2, -0.15) is 5.26 Å². The van der Waals surface area contributed by atoms with E-state index in [1.165, 1.54) is 0 Å². The lowest BCUT2D eigenvalue weighted by atomic mass is 10.2. The second kappa shape index (κ2) is 3.52. The number of hydrogen-bond acceptors (Lipinski definition) is 2. The molecule has 2 aromatic rings. The van der Waals surface area contributed by atoms with Crippen LogP contribution in [0.25, 0.3) is 11.0 Å². The maximum Gasteiger partial charge on any atom is 0.178 e. The monoisotopic (exact) mass is 217 g/mol. The van der Waals surface area contributed by atoms with Crippen LogP contribution in [-0.2, 0) is 0 Å². The van der Waals surface area contributed by atoms with Crippen LogP contribution < -0.4 is 0 Å². The van der Waals surface area contributed by atoms with E-state index in [0.717, 1.165) is 11.0 Å². The molecular formula is C11H11N3S. The summed E-state index contributed by atoms with van der Waals surface area (Å²) in [6.07, 6.45) is 0. The standard InChI is InChI=1S/C11H11N3S/c1-7(2)14-10-4-3-8(6-12)5-9(10)13-11(14)15/h3-5,7H,1-2H3,(H,13,15). The highest BCUT2D eigenvalue weighted by Crippen LogP contribution is 2.19. The van der Waals surface area contributed by atoms with Gasteiger partial charge in [-0.1, -0.05) is 0 Å². The van der Waals surface area contributed by atoms with Crippen molar-refractivity contribution in [2.45, 2.75) is 19.9 Å². The zero-order valence-electron chi connectivity index (χ0n) is 8.61. The fraction of sp³-hybridized carbons (Fsp3) is 0.273. The predicted molar refractivity (Wildman–Crippen MR) is 62.2 cm³/mol. The first-order valence-electron chi connectivity index (χ1n) is 4.78. The molecule has 4 heteroatoms. The minimum atomic E-state index is 0.319. The van der Waals surface area contributed by atoms with Crippen molar-refractivity contribution in [2.24, 2.45) is 0 Å². The summed E-state index contributed by atoms with van der Waals surface area (Å²) in [4.78, 5) is 3.11. The van der Waals surface area contributed by atoms with Gasteiger partial charge in [0, 0.05) is 6.04 Å². The lowest BCUT2D eigenvalue weighted by Gasteiger charge is -2.07. The van der Waals surface area contributed by atoms with E-state index in [1.54, 1.807) is 0 Å². The Balaban J connectivity index is 2.81. The smallest absolute Gasteiger partial charge is 0.178 e. The molecule has 0 atom stereocenters. The highest BCUT2D eigenvalue weighted by molar-refractivity contribution is 7.71. The Morgan fingerprint density at radius 2 is 2.20 bits per heavy atom. The average molecular weight is 217 g/mol. The maximum atomic E-state index is 8.79. The zero-order valence-corrected chi connectivity index (χ0v) is 9.43. The van der Waals surface area contributed by atoms with E-state index in [0.29, 0.717) is 16.4 Å². The second-order valence-corrected chi connectivity index (χ2v) is 4.12. The number of fused-ring (bicyclic) bond motifs is 1. The van der Waals surface area contributed by atoms with Crippen molar-refractivity contribution in [3.8, 4) is 6.07 Å². The molecule has 0 fully saturated rings. The van der Waals surface area contributed by atoms with Crippen LogP contribution in [0.3, 0.4) is 0 Å². The molecule has 0 amide bonds.